The van der Waals surface area contributed by atoms with E-state index in [0.29, 0.717) is 24.9 Å². The van der Waals surface area contributed by atoms with Crippen LogP contribution in [-0.4, -0.2) is 49.6 Å². The molecule has 2 fully saturated rings. The zero-order valence-corrected chi connectivity index (χ0v) is 11.5. The monoisotopic (exact) mass is 279 g/mol. The van der Waals surface area contributed by atoms with Crippen molar-refractivity contribution in [3.8, 4) is 5.75 Å². The van der Waals surface area contributed by atoms with E-state index in [1.165, 1.54) is 19.2 Å². The Morgan fingerprint density at radius 2 is 2.35 bits per heavy atom. The summed E-state index contributed by atoms with van der Waals surface area (Å²) in [5.74, 6) is -0.430. The molecule has 0 radical (unpaired) electrons. The van der Waals surface area contributed by atoms with E-state index < -0.39 is 11.9 Å². The molecule has 3 rings (SSSR count). The molecular formula is C15H18FNO3. The lowest BCUT2D eigenvalue weighted by atomic mass is 10.0. The summed E-state index contributed by atoms with van der Waals surface area (Å²) in [7, 11) is 1.47. The van der Waals surface area contributed by atoms with E-state index in [9.17, 15) is 9.18 Å². The van der Waals surface area contributed by atoms with Crippen molar-refractivity contribution in [2.45, 2.75) is 25.0 Å². The summed E-state index contributed by atoms with van der Waals surface area (Å²) in [6, 6.07) is 4.72. The van der Waals surface area contributed by atoms with Crippen LogP contribution >= 0.6 is 0 Å². The number of hydrogen-bond donors (Lipinski definition) is 0. The highest BCUT2D eigenvalue weighted by atomic mass is 19.1. The maximum absolute atomic E-state index is 13.9. The molecular weight excluding hydrogens is 261 g/mol. The molecule has 2 aliphatic rings. The Hall–Kier alpha value is -1.46. The van der Waals surface area contributed by atoms with Crippen LogP contribution in [0.5, 0.6) is 5.75 Å². The average Bonchev–Trinajstić information content (AvgIpc) is 2.93. The molecule has 0 aliphatic carbocycles. The molecule has 0 bridgehead atoms. The number of carbonyl (C=O) groups excluding carboxylic acids is 1. The first-order chi connectivity index (χ1) is 9.69. The Morgan fingerprint density at radius 3 is 3.10 bits per heavy atom. The maximum atomic E-state index is 13.9. The van der Waals surface area contributed by atoms with Crippen molar-refractivity contribution >= 4 is 5.78 Å². The molecule has 2 unspecified atom stereocenters. The van der Waals surface area contributed by atoms with Crippen molar-refractivity contribution in [1.29, 1.82) is 0 Å². The second-order valence-corrected chi connectivity index (χ2v) is 5.32. The van der Waals surface area contributed by atoms with Crippen molar-refractivity contribution in [2.75, 3.05) is 26.8 Å². The van der Waals surface area contributed by atoms with Gasteiger partial charge in [0.1, 0.15) is 17.7 Å². The summed E-state index contributed by atoms with van der Waals surface area (Å²) < 4.78 is 24.5. The number of halogens is 1. The van der Waals surface area contributed by atoms with Gasteiger partial charge in [-0.25, -0.2) is 4.39 Å². The molecule has 108 valence electrons. The van der Waals surface area contributed by atoms with E-state index in [0.717, 1.165) is 19.4 Å². The number of ether oxygens (including phenoxy) is 2. The minimum Gasteiger partial charge on any atom is -0.497 e. The van der Waals surface area contributed by atoms with E-state index >= 15 is 0 Å². The van der Waals surface area contributed by atoms with Gasteiger partial charge in [-0.1, -0.05) is 0 Å². The number of carbonyl (C=O) groups is 1. The number of benzene rings is 1. The van der Waals surface area contributed by atoms with E-state index in [4.69, 9.17) is 9.47 Å². The second kappa shape index (κ2) is 5.50. The third-order valence-corrected chi connectivity index (χ3v) is 4.12. The molecule has 2 heterocycles. The van der Waals surface area contributed by atoms with Crippen molar-refractivity contribution in [1.82, 2.24) is 4.90 Å². The van der Waals surface area contributed by atoms with Crippen LogP contribution in [0.15, 0.2) is 18.2 Å². The Labute approximate surface area is 117 Å². The molecule has 0 N–H and O–H groups in total. The molecule has 5 heteroatoms. The maximum Gasteiger partial charge on any atom is 0.195 e. The summed E-state index contributed by atoms with van der Waals surface area (Å²) in [6.07, 6.45) is 1.70. The SMILES string of the molecule is COc1ccc(C(=O)C2CN3CCCC3CO2)c(F)c1. The quantitative estimate of drug-likeness (QED) is 0.792. The van der Waals surface area contributed by atoms with Gasteiger partial charge in [-0.15, -0.1) is 0 Å². The normalized spacial score (nSPS) is 26.3. The smallest absolute Gasteiger partial charge is 0.195 e. The highest BCUT2D eigenvalue weighted by Crippen LogP contribution is 2.25. The van der Waals surface area contributed by atoms with Crippen LogP contribution in [-0.2, 0) is 4.74 Å². The standard InChI is InChI=1S/C15H18FNO3/c1-19-11-4-5-12(13(16)7-11)15(18)14-8-17-6-2-3-10(17)9-20-14/h4-5,7,10,14H,2-3,6,8-9H2,1H3. The zero-order valence-electron chi connectivity index (χ0n) is 11.5. The Kier molecular flexibility index (Phi) is 3.72. The second-order valence-electron chi connectivity index (χ2n) is 5.32. The highest BCUT2D eigenvalue weighted by molar-refractivity contribution is 6.00. The number of morpholine rings is 1. The van der Waals surface area contributed by atoms with Crippen LogP contribution in [0.1, 0.15) is 23.2 Å². The lowest BCUT2D eigenvalue weighted by Crippen LogP contribution is -2.49. The van der Waals surface area contributed by atoms with Gasteiger partial charge >= 0.3 is 0 Å². The van der Waals surface area contributed by atoms with E-state index in [-0.39, 0.29) is 11.3 Å². The van der Waals surface area contributed by atoms with Gasteiger partial charge in [0, 0.05) is 18.7 Å². The topological polar surface area (TPSA) is 38.8 Å². The predicted octanol–water partition coefficient (Wildman–Crippen LogP) is 1.88. The van der Waals surface area contributed by atoms with Crippen LogP contribution in [0.2, 0.25) is 0 Å². The van der Waals surface area contributed by atoms with E-state index in [1.807, 2.05) is 0 Å². The van der Waals surface area contributed by atoms with Gasteiger partial charge < -0.3 is 9.47 Å². The molecule has 20 heavy (non-hydrogen) atoms. The van der Waals surface area contributed by atoms with Crippen molar-refractivity contribution in [3.05, 3.63) is 29.6 Å². The van der Waals surface area contributed by atoms with Gasteiger partial charge in [0.15, 0.2) is 5.78 Å². The number of hydrogen-bond acceptors (Lipinski definition) is 4. The van der Waals surface area contributed by atoms with Crippen molar-refractivity contribution < 1.29 is 18.7 Å². The molecule has 1 aromatic carbocycles. The van der Waals surface area contributed by atoms with Gasteiger partial charge in [0.05, 0.1) is 19.3 Å². The third-order valence-electron chi connectivity index (χ3n) is 4.12. The molecule has 0 saturated carbocycles. The first-order valence-electron chi connectivity index (χ1n) is 6.92. The fourth-order valence-corrected chi connectivity index (χ4v) is 2.97. The molecule has 2 atom stereocenters. The van der Waals surface area contributed by atoms with Crippen LogP contribution in [0.3, 0.4) is 0 Å². The minimum atomic E-state index is -0.563. The van der Waals surface area contributed by atoms with Gasteiger partial charge in [-0.05, 0) is 31.5 Å². The van der Waals surface area contributed by atoms with Gasteiger partial charge in [0.25, 0.3) is 0 Å². The molecule has 1 aromatic rings. The zero-order chi connectivity index (χ0) is 14.1. The molecule has 2 saturated heterocycles. The fraction of sp³-hybridized carbons (Fsp3) is 0.533. The number of ketones is 1. The largest absolute Gasteiger partial charge is 0.497 e. The lowest BCUT2D eigenvalue weighted by Gasteiger charge is -2.34. The molecule has 0 spiro atoms. The van der Waals surface area contributed by atoms with Crippen LogP contribution < -0.4 is 4.74 Å². The molecule has 4 nitrogen and oxygen atoms in total. The minimum absolute atomic E-state index is 0.0773. The summed E-state index contributed by atoms with van der Waals surface area (Å²) in [6.45, 7) is 2.13. The van der Waals surface area contributed by atoms with E-state index in [2.05, 4.69) is 4.90 Å². The molecule has 2 aliphatic heterocycles. The number of methoxy groups -OCH3 is 1. The summed E-state index contributed by atoms with van der Waals surface area (Å²) >= 11 is 0. The number of fused-ring (bicyclic) bond motifs is 1. The Bertz CT molecular complexity index is 520. The number of rotatable bonds is 3. The first kappa shape index (κ1) is 13.5. The van der Waals surface area contributed by atoms with Crippen LogP contribution in [0.25, 0.3) is 0 Å². The summed E-state index contributed by atoms with van der Waals surface area (Å²) in [4.78, 5) is 14.6. The Morgan fingerprint density at radius 1 is 1.50 bits per heavy atom. The van der Waals surface area contributed by atoms with E-state index in [1.54, 1.807) is 6.07 Å². The third kappa shape index (κ3) is 2.43. The fourth-order valence-electron chi connectivity index (χ4n) is 2.97. The highest BCUT2D eigenvalue weighted by Gasteiger charge is 2.36. The summed E-state index contributed by atoms with van der Waals surface area (Å²) in [5, 5.41) is 0. The number of nitrogens with zero attached hydrogens (tertiary/aromatic N) is 1. The van der Waals surface area contributed by atoms with Crippen LogP contribution in [0, 0.1) is 5.82 Å². The predicted molar refractivity (Wildman–Crippen MR) is 71.6 cm³/mol. The van der Waals surface area contributed by atoms with Gasteiger partial charge in [-0.2, -0.15) is 0 Å². The average molecular weight is 279 g/mol. The summed E-state index contributed by atoms with van der Waals surface area (Å²) in [5.41, 5.74) is 0.0773. The van der Waals surface area contributed by atoms with Gasteiger partial charge in [0.2, 0.25) is 0 Å². The van der Waals surface area contributed by atoms with Crippen LogP contribution in [0.4, 0.5) is 4.39 Å². The Balaban J connectivity index is 1.75. The molecule has 0 amide bonds. The van der Waals surface area contributed by atoms with Gasteiger partial charge in [-0.3, -0.25) is 9.69 Å². The van der Waals surface area contributed by atoms with Crippen molar-refractivity contribution in [3.63, 3.8) is 0 Å². The molecule has 0 aromatic heterocycles. The van der Waals surface area contributed by atoms with Crippen molar-refractivity contribution in [2.24, 2.45) is 0 Å². The number of Topliss-reactive ketones (excluding diaryl/α,β-unsaturated/α-hetero) is 1. The first-order valence-corrected chi connectivity index (χ1v) is 6.92. The lowest BCUT2D eigenvalue weighted by molar-refractivity contribution is -0.0346.